The second-order valence-corrected chi connectivity index (χ2v) is 12.8. The van der Waals surface area contributed by atoms with E-state index in [9.17, 15) is 19.5 Å². The molecular formula is C32H42N2O5. The monoisotopic (exact) mass is 534 g/mol. The van der Waals surface area contributed by atoms with E-state index in [1.807, 2.05) is 30.3 Å². The number of Topliss-reactive ketones (excluding diaryl/α,β-unsaturated/α-hetero) is 1. The molecule has 2 N–H and O–H groups in total. The maximum absolute atomic E-state index is 12.4. The van der Waals surface area contributed by atoms with Crippen LogP contribution in [-0.4, -0.2) is 41.1 Å². The van der Waals surface area contributed by atoms with E-state index >= 15 is 0 Å². The van der Waals surface area contributed by atoms with Crippen LogP contribution >= 0.6 is 0 Å². The molecule has 210 valence electrons. The van der Waals surface area contributed by atoms with Crippen molar-refractivity contribution in [3.8, 4) is 0 Å². The third-order valence-corrected chi connectivity index (χ3v) is 10.8. The molecule has 1 aromatic carbocycles. The van der Waals surface area contributed by atoms with Gasteiger partial charge in [-0.05, 0) is 98.5 Å². The molecule has 7 atom stereocenters. The maximum atomic E-state index is 12.4. The predicted molar refractivity (Wildman–Crippen MR) is 149 cm³/mol. The summed E-state index contributed by atoms with van der Waals surface area (Å²) in [6.07, 6.45) is 11.0. The minimum absolute atomic E-state index is 0.154. The number of ketones is 1. The molecule has 0 spiro atoms. The maximum Gasteiger partial charge on any atom is 0.326 e. The summed E-state index contributed by atoms with van der Waals surface area (Å²) in [7, 11) is 0. The first-order chi connectivity index (χ1) is 18.6. The van der Waals surface area contributed by atoms with Crippen molar-refractivity contribution in [1.82, 2.24) is 5.32 Å². The van der Waals surface area contributed by atoms with Gasteiger partial charge in [-0.1, -0.05) is 54.9 Å². The highest BCUT2D eigenvalue weighted by Gasteiger charge is 2.59. The van der Waals surface area contributed by atoms with Gasteiger partial charge in [0.15, 0.2) is 6.61 Å². The molecule has 7 nitrogen and oxygen atoms in total. The van der Waals surface area contributed by atoms with Gasteiger partial charge in [-0.15, -0.1) is 0 Å². The van der Waals surface area contributed by atoms with Gasteiger partial charge >= 0.3 is 5.97 Å². The summed E-state index contributed by atoms with van der Waals surface area (Å²) < 4.78 is 0. The molecule has 3 saturated carbocycles. The molecule has 0 heterocycles. The van der Waals surface area contributed by atoms with E-state index in [4.69, 9.17) is 4.84 Å². The predicted octanol–water partition coefficient (Wildman–Crippen LogP) is 5.34. The van der Waals surface area contributed by atoms with Crippen molar-refractivity contribution in [1.29, 1.82) is 0 Å². The molecule has 3 fully saturated rings. The van der Waals surface area contributed by atoms with E-state index in [-0.39, 0.29) is 29.8 Å². The number of carbonyl (C=O) groups is 3. The molecule has 0 radical (unpaired) electrons. The Bertz CT molecular complexity index is 1180. The zero-order valence-electron chi connectivity index (χ0n) is 23.4. The van der Waals surface area contributed by atoms with Gasteiger partial charge in [0.25, 0.3) is 5.91 Å². The Morgan fingerprint density at radius 2 is 1.82 bits per heavy atom. The molecule has 7 heteroatoms. The van der Waals surface area contributed by atoms with Crippen molar-refractivity contribution in [2.75, 3.05) is 6.61 Å². The minimum Gasteiger partial charge on any atom is -0.480 e. The highest BCUT2D eigenvalue weighted by Crippen LogP contribution is 2.66. The molecule has 4 aliphatic carbocycles. The lowest BCUT2D eigenvalue weighted by Gasteiger charge is -2.58. The zero-order valence-corrected chi connectivity index (χ0v) is 23.4. The summed E-state index contributed by atoms with van der Waals surface area (Å²) in [5, 5.41) is 16.3. The number of rotatable bonds is 8. The number of allylic oxidation sites excluding steroid dienone is 2. The van der Waals surface area contributed by atoms with Crippen molar-refractivity contribution >= 4 is 23.4 Å². The van der Waals surface area contributed by atoms with E-state index in [0.717, 1.165) is 43.4 Å². The Kier molecular flexibility index (Phi) is 7.71. The number of nitrogens with zero attached hydrogens (tertiary/aromatic N) is 1. The summed E-state index contributed by atoms with van der Waals surface area (Å²) >= 11 is 0. The first-order valence-electron chi connectivity index (χ1n) is 14.6. The number of carboxylic acid groups (broad SMARTS) is 1. The SMILES string of the molecule is CC(=O)[C@H]1CC[C@H]2[C@@H]3CCC4=C/C(=N\OCC(=O)N[C@@H](Cc5ccccc5)C(=O)O)CC[C@]4(C)[C@H]3CC[C@]12C. The van der Waals surface area contributed by atoms with Crippen LogP contribution in [0.25, 0.3) is 0 Å². The normalized spacial score (nSPS) is 35.2. The molecule has 0 aromatic heterocycles. The number of carbonyl (C=O) groups excluding carboxylic acids is 2. The average Bonchev–Trinajstić information content (AvgIpc) is 3.26. The van der Waals surface area contributed by atoms with Crippen LogP contribution in [0.2, 0.25) is 0 Å². The fourth-order valence-electron chi connectivity index (χ4n) is 8.77. The van der Waals surface area contributed by atoms with Crippen LogP contribution in [0.15, 0.2) is 47.1 Å². The van der Waals surface area contributed by atoms with Crippen LogP contribution in [0.1, 0.15) is 77.7 Å². The van der Waals surface area contributed by atoms with Gasteiger partial charge in [0.2, 0.25) is 0 Å². The van der Waals surface area contributed by atoms with E-state index in [1.54, 1.807) is 6.92 Å². The van der Waals surface area contributed by atoms with E-state index < -0.39 is 17.9 Å². The van der Waals surface area contributed by atoms with Crippen LogP contribution in [0, 0.1) is 34.5 Å². The first kappa shape index (κ1) is 27.6. The van der Waals surface area contributed by atoms with E-state index in [2.05, 4.69) is 30.4 Å². The van der Waals surface area contributed by atoms with Gasteiger partial charge in [-0.25, -0.2) is 4.79 Å². The molecule has 5 rings (SSSR count). The number of amides is 1. The lowest BCUT2D eigenvalue weighted by molar-refractivity contribution is -0.142. The van der Waals surface area contributed by atoms with Crippen LogP contribution in [0.4, 0.5) is 0 Å². The molecule has 39 heavy (non-hydrogen) atoms. The third kappa shape index (κ3) is 5.29. The van der Waals surface area contributed by atoms with Crippen molar-refractivity contribution in [2.24, 2.45) is 39.7 Å². The van der Waals surface area contributed by atoms with Crippen molar-refractivity contribution in [3.05, 3.63) is 47.5 Å². The number of oxime groups is 1. The molecule has 1 amide bonds. The van der Waals surface area contributed by atoms with Crippen LogP contribution < -0.4 is 5.32 Å². The summed E-state index contributed by atoms with van der Waals surface area (Å²) in [6.45, 7) is 6.29. The standard InChI is InChI=1S/C32H42N2O5/c1-20(35)25-11-12-26-24-10-9-22-18-23(13-15-31(22,2)27(24)14-16-32(25,26)3)34-39-19-29(36)33-28(30(37)38)17-21-7-5-4-6-8-21/h4-8,18,24-28H,9-17,19H2,1-3H3,(H,33,36)(H,37,38)/b34-23-/t24-,25+,26-,27-,28-,31-,32+/m0/s1. The number of benzene rings is 1. The third-order valence-electron chi connectivity index (χ3n) is 10.8. The van der Waals surface area contributed by atoms with Crippen molar-refractivity contribution < 1.29 is 24.3 Å². The molecule has 0 saturated heterocycles. The summed E-state index contributed by atoms with van der Waals surface area (Å²) in [6, 6.07) is 8.21. The minimum atomic E-state index is -1.08. The number of aliphatic carboxylic acids is 1. The Morgan fingerprint density at radius 3 is 2.54 bits per heavy atom. The van der Waals surface area contributed by atoms with Gasteiger partial charge in [0, 0.05) is 12.3 Å². The molecule has 1 aromatic rings. The number of hydrogen-bond acceptors (Lipinski definition) is 5. The first-order valence-corrected chi connectivity index (χ1v) is 14.6. The quantitative estimate of drug-likeness (QED) is 0.438. The summed E-state index contributed by atoms with van der Waals surface area (Å²) in [4.78, 5) is 41.8. The smallest absolute Gasteiger partial charge is 0.326 e. The fourth-order valence-corrected chi connectivity index (χ4v) is 8.77. The number of carboxylic acids is 1. The van der Waals surface area contributed by atoms with Gasteiger partial charge in [0.05, 0.1) is 5.71 Å². The van der Waals surface area contributed by atoms with Crippen LogP contribution in [-0.2, 0) is 25.6 Å². The number of fused-ring (bicyclic) bond motifs is 5. The molecule has 0 bridgehead atoms. The molecule has 4 aliphatic rings. The molecular weight excluding hydrogens is 492 g/mol. The zero-order chi connectivity index (χ0) is 27.8. The van der Waals surface area contributed by atoms with Gasteiger partial charge < -0.3 is 15.3 Å². The lowest BCUT2D eigenvalue weighted by Crippen LogP contribution is -2.51. The Labute approximate surface area is 231 Å². The fraction of sp³-hybridized carbons (Fsp3) is 0.625. The second kappa shape index (κ2) is 10.9. The van der Waals surface area contributed by atoms with Gasteiger partial charge in [-0.2, -0.15) is 0 Å². The highest BCUT2D eigenvalue weighted by atomic mass is 16.6. The van der Waals surface area contributed by atoms with E-state index in [0.29, 0.717) is 23.5 Å². The van der Waals surface area contributed by atoms with E-state index in [1.165, 1.54) is 24.8 Å². The molecule has 0 unspecified atom stereocenters. The summed E-state index contributed by atoms with van der Waals surface area (Å²) in [5.74, 6) is 1.01. The van der Waals surface area contributed by atoms with Gasteiger partial charge in [0.1, 0.15) is 11.8 Å². The topological polar surface area (TPSA) is 105 Å². The summed E-state index contributed by atoms with van der Waals surface area (Å²) in [5.41, 5.74) is 3.46. The van der Waals surface area contributed by atoms with Crippen molar-refractivity contribution in [3.63, 3.8) is 0 Å². The Balaban J connectivity index is 1.19. The second-order valence-electron chi connectivity index (χ2n) is 12.8. The van der Waals surface area contributed by atoms with Crippen LogP contribution in [0.3, 0.4) is 0 Å². The van der Waals surface area contributed by atoms with Gasteiger partial charge in [-0.3, -0.25) is 9.59 Å². The number of hydrogen-bond donors (Lipinski definition) is 2. The number of nitrogens with one attached hydrogen (secondary N) is 1. The van der Waals surface area contributed by atoms with Crippen molar-refractivity contribution in [2.45, 2.75) is 84.6 Å². The highest BCUT2D eigenvalue weighted by molar-refractivity contribution is 5.96. The Morgan fingerprint density at radius 1 is 1.05 bits per heavy atom. The lowest BCUT2D eigenvalue weighted by atomic mass is 9.46. The van der Waals surface area contributed by atoms with Crippen LogP contribution in [0.5, 0.6) is 0 Å². The molecule has 0 aliphatic heterocycles. The largest absolute Gasteiger partial charge is 0.480 e. The average molecular weight is 535 g/mol. The Hall–Kier alpha value is -2.96.